The van der Waals surface area contributed by atoms with Gasteiger partial charge in [0.25, 0.3) is 5.91 Å². The van der Waals surface area contributed by atoms with Crippen LogP contribution in [-0.4, -0.2) is 51.5 Å². The van der Waals surface area contributed by atoms with Crippen molar-refractivity contribution in [3.05, 3.63) is 34.4 Å². The van der Waals surface area contributed by atoms with Gasteiger partial charge in [0.1, 0.15) is 17.1 Å². The molecule has 2 aliphatic rings. The van der Waals surface area contributed by atoms with Gasteiger partial charge in [-0.2, -0.15) is 0 Å². The van der Waals surface area contributed by atoms with Gasteiger partial charge in [-0.25, -0.2) is 0 Å². The normalized spacial score (nSPS) is 24.6. The summed E-state index contributed by atoms with van der Waals surface area (Å²) in [5.41, 5.74) is 2.28. The quantitative estimate of drug-likeness (QED) is 0.665. The van der Waals surface area contributed by atoms with Crippen molar-refractivity contribution >= 4 is 5.91 Å². The molecule has 0 saturated carbocycles. The van der Waals surface area contributed by atoms with Crippen LogP contribution in [0.5, 0.6) is 11.5 Å². The number of phenolic OH excluding ortho intramolecular Hbond substituents is 1. The molecule has 6 nitrogen and oxygen atoms in total. The third kappa shape index (κ3) is 3.69. The predicted molar refractivity (Wildman–Crippen MR) is 102 cm³/mol. The summed E-state index contributed by atoms with van der Waals surface area (Å²) in [7, 11) is 1.72. The van der Waals surface area contributed by atoms with Crippen LogP contribution in [0, 0.1) is 0 Å². The largest absolute Gasteiger partial charge is 0.508 e. The minimum Gasteiger partial charge on any atom is -0.508 e. The highest BCUT2D eigenvalue weighted by molar-refractivity contribution is 5.99. The van der Waals surface area contributed by atoms with E-state index in [1.807, 2.05) is 13.8 Å². The molecule has 2 heterocycles. The standard InChI is InChI=1S/C21H29NO5/c1-13(7-5-9-23)6-4-8-21(2)18(25)11-15-17(24)10-14-16(19(15)27-21)12-22(3)20(14)26/h6,10,18,23-25H,4-5,7-9,11-12H2,1-3H3/b13-6+. The Labute approximate surface area is 160 Å². The smallest absolute Gasteiger partial charge is 0.254 e. The SMILES string of the molecule is C/C(=C\CCC1(C)Oc2c(c(O)cc3c2CN(C)C3=O)CC1O)CCCO. The van der Waals surface area contributed by atoms with E-state index in [1.54, 1.807) is 11.9 Å². The molecule has 2 unspecified atom stereocenters. The Morgan fingerprint density at radius 1 is 1.44 bits per heavy atom. The summed E-state index contributed by atoms with van der Waals surface area (Å²) in [6, 6.07) is 1.49. The number of carbonyl (C=O) groups is 1. The second-order valence-corrected chi connectivity index (χ2v) is 7.94. The van der Waals surface area contributed by atoms with Crippen LogP contribution in [0.25, 0.3) is 0 Å². The molecule has 0 radical (unpaired) electrons. The average molecular weight is 375 g/mol. The van der Waals surface area contributed by atoms with Crippen LogP contribution in [0.2, 0.25) is 0 Å². The van der Waals surface area contributed by atoms with Gasteiger partial charge in [-0.05, 0) is 45.6 Å². The highest BCUT2D eigenvalue weighted by atomic mass is 16.5. The number of rotatable bonds is 6. The van der Waals surface area contributed by atoms with E-state index in [9.17, 15) is 15.0 Å². The molecule has 0 spiro atoms. The zero-order chi connectivity index (χ0) is 19.8. The maximum atomic E-state index is 12.3. The van der Waals surface area contributed by atoms with Gasteiger partial charge < -0.3 is 25.0 Å². The second-order valence-electron chi connectivity index (χ2n) is 7.94. The monoisotopic (exact) mass is 375 g/mol. The number of fused-ring (bicyclic) bond motifs is 3. The Balaban J connectivity index is 1.83. The average Bonchev–Trinajstić information content (AvgIpc) is 2.90. The van der Waals surface area contributed by atoms with E-state index in [4.69, 9.17) is 9.84 Å². The van der Waals surface area contributed by atoms with Crippen LogP contribution in [0.4, 0.5) is 0 Å². The van der Waals surface area contributed by atoms with E-state index in [1.165, 1.54) is 11.6 Å². The molecule has 0 aliphatic carbocycles. The van der Waals surface area contributed by atoms with Crippen molar-refractivity contribution in [1.29, 1.82) is 0 Å². The van der Waals surface area contributed by atoms with E-state index in [-0.39, 0.29) is 18.3 Å². The van der Waals surface area contributed by atoms with Gasteiger partial charge in [-0.15, -0.1) is 0 Å². The van der Waals surface area contributed by atoms with Gasteiger partial charge in [-0.1, -0.05) is 11.6 Å². The summed E-state index contributed by atoms with van der Waals surface area (Å²) < 4.78 is 6.26. The molecule has 3 N–H and O–H groups in total. The summed E-state index contributed by atoms with van der Waals surface area (Å²) in [6.45, 7) is 4.55. The first-order chi connectivity index (χ1) is 12.8. The molecule has 1 aromatic carbocycles. The van der Waals surface area contributed by atoms with E-state index in [0.29, 0.717) is 36.3 Å². The van der Waals surface area contributed by atoms with E-state index < -0.39 is 11.7 Å². The van der Waals surface area contributed by atoms with Crippen LogP contribution in [-0.2, 0) is 13.0 Å². The first-order valence-corrected chi connectivity index (χ1v) is 9.53. The number of ether oxygens (including phenoxy) is 1. The first-order valence-electron chi connectivity index (χ1n) is 9.53. The summed E-state index contributed by atoms with van der Waals surface area (Å²) in [5.74, 6) is 0.437. The molecule has 0 aromatic heterocycles. The highest BCUT2D eigenvalue weighted by Gasteiger charge is 2.43. The summed E-state index contributed by atoms with van der Waals surface area (Å²) in [5, 5.41) is 30.0. The number of benzene rings is 1. The van der Waals surface area contributed by atoms with Crippen LogP contribution >= 0.6 is 0 Å². The molecule has 0 fully saturated rings. The van der Waals surface area contributed by atoms with Crippen molar-refractivity contribution in [1.82, 2.24) is 4.90 Å². The zero-order valence-electron chi connectivity index (χ0n) is 16.3. The Morgan fingerprint density at radius 2 is 2.19 bits per heavy atom. The topological polar surface area (TPSA) is 90.2 Å². The molecule has 2 aliphatic heterocycles. The molecule has 1 aromatic rings. The Morgan fingerprint density at radius 3 is 2.89 bits per heavy atom. The number of aliphatic hydroxyl groups excluding tert-OH is 2. The molecule has 0 bridgehead atoms. The summed E-state index contributed by atoms with van der Waals surface area (Å²) in [4.78, 5) is 13.9. The fraction of sp³-hybridized carbons (Fsp3) is 0.571. The molecule has 6 heteroatoms. The third-order valence-electron chi connectivity index (χ3n) is 5.74. The number of allylic oxidation sites excluding steroid dienone is 2. The number of nitrogens with zero attached hydrogens (tertiary/aromatic N) is 1. The van der Waals surface area contributed by atoms with Crippen LogP contribution < -0.4 is 4.74 Å². The minimum absolute atomic E-state index is 0.00763. The fourth-order valence-corrected chi connectivity index (χ4v) is 3.91. The van der Waals surface area contributed by atoms with E-state index >= 15 is 0 Å². The zero-order valence-corrected chi connectivity index (χ0v) is 16.3. The Hall–Kier alpha value is -2.05. The van der Waals surface area contributed by atoms with E-state index in [0.717, 1.165) is 24.8 Å². The number of amides is 1. The van der Waals surface area contributed by atoms with Crippen LogP contribution in [0.15, 0.2) is 17.7 Å². The highest BCUT2D eigenvalue weighted by Crippen LogP contribution is 2.46. The van der Waals surface area contributed by atoms with Crippen molar-refractivity contribution in [3.8, 4) is 11.5 Å². The van der Waals surface area contributed by atoms with Crippen molar-refractivity contribution in [2.24, 2.45) is 0 Å². The number of phenols is 1. The lowest BCUT2D eigenvalue weighted by Gasteiger charge is -2.40. The number of aliphatic hydroxyl groups is 2. The molecule has 0 saturated heterocycles. The molecule has 2 atom stereocenters. The van der Waals surface area contributed by atoms with Gasteiger partial charge in [-0.3, -0.25) is 4.79 Å². The number of hydrogen-bond acceptors (Lipinski definition) is 5. The lowest BCUT2D eigenvalue weighted by Crippen LogP contribution is -2.49. The maximum Gasteiger partial charge on any atom is 0.254 e. The molecule has 148 valence electrons. The van der Waals surface area contributed by atoms with Gasteiger partial charge >= 0.3 is 0 Å². The lowest BCUT2D eigenvalue weighted by atomic mass is 9.84. The second kappa shape index (κ2) is 7.52. The van der Waals surface area contributed by atoms with Gasteiger partial charge in [0.2, 0.25) is 0 Å². The lowest BCUT2D eigenvalue weighted by molar-refractivity contribution is -0.0599. The molecular weight excluding hydrogens is 346 g/mol. The fourth-order valence-electron chi connectivity index (χ4n) is 3.91. The van der Waals surface area contributed by atoms with Crippen molar-refractivity contribution < 1.29 is 24.9 Å². The van der Waals surface area contributed by atoms with Crippen molar-refractivity contribution in [2.45, 2.75) is 64.2 Å². The van der Waals surface area contributed by atoms with Crippen molar-refractivity contribution in [2.75, 3.05) is 13.7 Å². The first kappa shape index (κ1) is 19.7. The maximum absolute atomic E-state index is 12.3. The Bertz CT molecular complexity index is 772. The number of hydrogen-bond donors (Lipinski definition) is 3. The summed E-state index contributed by atoms with van der Waals surface area (Å²) >= 11 is 0. The predicted octanol–water partition coefficient (Wildman–Crippen LogP) is 2.53. The van der Waals surface area contributed by atoms with Crippen molar-refractivity contribution in [3.63, 3.8) is 0 Å². The molecule has 1 amide bonds. The van der Waals surface area contributed by atoms with Gasteiger partial charge in [0, 0.05) is 31.2 Å². The third-order valence-corrected chi connectivity index (χ3v) is 5.74. The molecule has 3 rings (SSSR count). The molecular formula is C21H29NO5. The van der Waals surface area contributed by atoms with Gasteiger partial charge in [0.05, 0.1) is 18.2 Å². The van der Waals surface area contributed by atoms with Gasteiger partial charge in [0.15, 0.2) is 0 Å². The number of carbonyl (C=O) groups excluding carboxylic acids is 1. The molecule has 27 heavy (non-hydrogen) atoms. The van der Waals surface area contributed by atoms with Crippen LogP contribution in [0.1, 0.15) is 61.0 Å². The van der Waals surface area contributed by atoms with E-state index in [2.05, 4.69) is 6.08 Å². The van der Waals surface area contributed by atoms with Crippen LogP contribution in [0.3, 0.4) is 0 Å². The Kier molecular flexibility index (Phi) is 5.49. The summed E-state index contributed by atoms with van der Waals surface area (Å²) in [6.07, 6.45) is 4.66. The number of aromatic hydroxyl groups is 1. The minimum atomic E-state index is -0.785.